The van der Waals surface area contributed by atoms with Gasteiger partial charge in [0.25, 0.3) is 0 Å². The molecule has 0 unspecified atom stereocenters. The van der Waals surface area contributed by atoms with Crippen LogP contribution in [0.4, 0.5) is 0 Å². The third kappa shape index (κ3) is 4.85. The Kier molecular flexibility index (Phi) is 8.30. The lowest BCUT2D eigenvalue weighted by atomic mass is 9.93. The molecule has 0 fully saturated rings. The Morgan fingerprint density at radius 1 is 0.767 bits per heavy atom. The van der Waals surface area contributed by atoms with Gasteiger partial charge in [-0.3, -0.25) is 0 Å². The number of ether oxygens (including phenoxy) is 4. The van der Waals surface area contributed by atoms with Gasteiger partial charge in [-0.05, 0) is 24.5 Å². The van der Waals surface area contributed by atoms with Crippen molar-refractivity contribution < 1.29 is 18.9 Å². The lowest BCUT2D eigenvalue weighted by molar-refractivity contribution is 0.313. The second-order valence-corrected chi connectivity index (χ2v) is 8.00. The van der Waals surface area contributed by atoms with Gasteiger partial charge in [0.1, 0.15) is 11.5 Å². The number of hydrogen-bond donors (Lipinski definition) is 0. The minimum atomic E-state index is 0.663. The molecular weight excluding hydrogens is 376 g/mol. The zero-order chi connectivity index (χ0) is 21.3. The summed E-state index contributed by atoms with van der Waals surface area (Å²) in [4.78, 5) is 0. The smallest absolute Gasteiger partial charge is 0.204 e. The fraction of sp³-hybridized carbons (Fsp3) is 0.538. The molecule has 4 heteroatoms. The van der Waals surface area contributed by atoms with Gasteiger partial charge in [0.2, 0.25) is 5.75 Å². The first kappa shape index (κ1) is 22.3. The van der Waals surface area contributed by atoms with Crippen LogP contribution in [-0.4, -0.2) is 21.3 Å². The summed E-state index contributed by atoms with van der Waals surface area (Å²) in [6, 6.07) is 8.19. The van der Waals surface area contributed by atoms with E-state index in [4.69, 9.17) is 18.9 Å². The number of fused-ring (bicyclic) bond motifs is 2. The molecule has 0 amide bonds. The van der Waals surface area contributed by atoms with Crippen LogP contribution in [-0.2, 0) is 12.8 Å². The molecule has 4 nitrogen and oxygen atoms in total. The van der Waals surface area contributed by atoms with Crippen LogP contribution in [0.5, 0.6) is 28.7 Å². The third-order valence-electron chi connectivity index (χ3n) is 5.95. The van der Waals surface area contributed by atoms with Crippen molar-refractivity contribution in [3.05, 3.63) is 41.0 Å². The molecular formula is C26H36O4. The van der Waals surface area contributed by atoms with Crippen molar-refractivity contribution >= 4 is 0 Å². The van der Waals surface area contributed by atoms with Gasteiger partial charge in [0.05, 0.1) is 21.3 Å². The minimum Gasteiger partial charge on any atom is -0.492 e. The topological polar surface area (TPSA) is 36.9 Å². The van der Waals surface area contributed by atoms with Gasteiger partial charge >= 0.3 is 0 Å². The summed E-state index contributed by atoms with van der Waals surface area (Å²) in [5.74, 6) is 3.90. The summed E-state index contributed by atoms with van der Waals surface area (Å²) in [6.45, 7) is 2.26. The maximum atomic E-state index is 6.40. The number of para-hydroxylation sites is 1. The van der Waals surface area contributed by atoms with Crippen molar-refractivity contribution in [2.24, 2.45) is 0 Å². The number of methoxy groups -OCH3 is 3. The molecule has 1 aliphatic rings. The normalized spacial score (nSPS) is 12.0. The molecule has 0 spiro atoms. The first-order valence-electron chi connectivity index (χ1n) is 11.3. The zero-order valence-electron chi connectivity index (χ0n) is 19.0. The molecule has 1 heterocycles. The van der Waals surface area contributed by atoms with Crippen LogP contribution < -0.4 is 18.9 Å². The zero-order valence-corrected chi connectivity index (χ0v) is 19.0. The molecule has 2 aromatic rings. The predicted octanol–water partition coefficient (Wildman–Crippen LogP) is 7.09. The highest BCUT2D eigenvalue weighted by Crippen LogP contribution is 2.53. The van der Waals surface area contributed by atoms with Crippen molar-refractivity contribution in [2.45, 2.75) is 71.1 Å². The first-order chi connectivity index (χ1) is 14.7. The first-order valence-corrected chi connectivity index (χ1v) is 11.3. The van der Waals surface area contributed by atoms with E-state index in [0.29, 0.717) is 11.5 Å². The molecule has 0 radical (unpaired) electrons. The fourth-order valence-electron chi connectivity index (χ4n) is 4.38. The van der Waals surface area contributed by atoms with Gasteiger partial charge in [-0.15, -0.1) is 0 Å². The summed E-state index contributed by atoms with van der Waals surface area (Å²) in [5, 5.41) is 0. The van der Waals surface area contributed by atoms with E-state index in [1.807, 2.05) is 18.2 Å². The fourth-order valence-corrected chi connectivity index (χ4v) is 4.38. The van der Waals surface area contributed by atoms with Gasteiger partial charge in [0.15, 0.2) is 11.5 Å². The lowest BCUT2D eigenvalue weighted by Crippen LogP contribution is -2.11. The molecule has 0 aromatic heterocycles. The molecule has 1 aliphatic heterocycles. The molecule has 0 atom stereocenters. The standard InChI is InChI=1S/C26H36O4/c1-5-6-7-8-9-10-11-12-16-20-23-21(18-19-15-13-14-17-22(19)30-23)25(28-3)26(29-4)24(20)27-2/h13-15,17H,5-12,16,18H2,1-4H3. The van der Waals surface area contributed by atoms with Crippen molar-refractivity contribution in [3.8, 4) is 28.7 Å². The summed E-state index contributed by atoms with van der Waals surface area (Å²) in [6.07, 6.45) is 12.0. The second kappa shape index (κ2) is 11.1. The minimum absolute atomic E-state index is 0.663. The van der Waals surface area contributed by atoms with Crippen molar-refractivity contribution in [2.75, 3.05) is 21.3 Å². The van der Waals surface area contributed by atoms with E-state index >= 15 is 0 Å². The van der Waals surface area contributed by atoms with Gasteiger partial charge in [-0.25, -0.2) is 0 Å². The Hall–Kier alpha value is -2.36. The van der Waals surface area contributed by atoms with Crippen LogP contribution >= 0.6 is 0 Å². The lowest BCUT2D eigenvalue weighted by Gasteiger charge is -2.27. The van der Waals surface area contributed by atoms with Crippen LogP contribution in [0.25, 0.3) is 0 Å². The Labute approximate surface area is 181 Å². The van der Waals surface area contributed by atoms with E-state index in [1.165, 1.54) is 44.9 Å². The van der Waals surface area contributed by atoms with Crippen LogP contribution in [0.1, 0.15) is 75.0 Å². The predicted molar refractivity (Wildman–Crippen MR) is 122 cm³/mol. The van der Waals surface area contributed by atoms with E-state index < -0.39 is 0 Å². The molecule has 0 N–H and O–H groups in total. The van der Waals surface area contributed by atoms with Gasteiger partial charge in [0, 0.05) is 17.5 Å². The molecule has 30 heavy (non-hydrogen) atoms. The third-order valence-corrected chi connectivity index (χ3v) is 5.95. The van der Waals surface area contributed by atoms with E-state index in [1.54, 1.807) is 21.3 Å². The highest BCUT2D eigenvalue weighted by atomic mass is 16.5. The second-order valence-electron chi connectivity index (χ2n) is 8.00. The molecule has 3 rings (SSSR count). The molecule has 0 bridgehead atoms. The maximum Gasteiger partial charge on any atom is 0.204 e. The number of rotatable bonds is 12. The molecule has 0 aliphatic carbocycles. The number of hydrogen-bond acceptors (Lipinski definition) is 4. The van der Waals surface area contributed by atoms with Crippen LogP contribution in [0.3, 0.4) is 0 Å². The molecule has 0 saturated carbocycles. The number of benzene rings is 2. The maximum absolute atomic E-state index is 6.40. The summed E-state index contributed by atoms with van der Waals surface area (Å²) in [5.41, 5.74) is 3.29. The van der Waals surface area contributed by atoms with Crippen LogP contribution in [0, 0.1) is 0 Å². The molecule has 0 saturated heterocycles. The highest BCUT2D eigenvalue weighted by molar-refractivity contribution is 5.70. The Morgan fingerprint density at radius 2 is 1.40 bits per heavy atom. The van der Waals surface area contributed by atoms with Crippen LogP contribution in [0.2, 0.25) is 0 Å². The van der Waals surface area contributed by atoms with E-state index in [2.05, 4.69) is 13.0 Å². The monoisotopic (exact) mass is 412 g/mol. The average Bonchev–Trinajstić information content (AvgIpc) is 2.78. The largest absolute Gasteiger partial charge is 0.492 e. The SMILES string of the molecule is CCCCCCCCCCc1c2c(c(OC)c(OC)c1OC)Cc1ccccc1O2. The number of unbranched alkanes of at least 4 members (excludes halogenated alkanes) is 7. The van der Waals surface area contributed by atoms with E-state index in [9.17, 15) is 0 Å². The summed E-state index contributed by atoms with van der Waals surface area (Å²) < 4.78 is 23.7. The summed E-state index contributed by atoms with van der Waals surface area (Å²) >= 11 is 0. The van der Waals surface area contributed by atoms with E-state index in [-0.39, 0.29) is 0 Å². The summed E-state index contributed by atoms with van der Waals surface area (Å²) in [7, 11) is 5.04. The van der Waals surface area contributed by atoms with Gasteiger partial charge in [-0.1, -0.05) is 70.1 Å². The molecule has 164 valence electrons. The Bertz CT molecular complexity index is 828. The quantitative estimate of drug-likeness (QED) is 0.298. The van der Waals surface area contributed by atoms with Gasteiger partial charge < -0.3 is 18.9 Å². The Balaban J connectivity index is 1.82. The Morgan fingerprint density at radius 3 is 2.07 bits per heavy atom. The highest BCUT2D eigenvalue weighted by Gasteiger charge is 2.31. The van der Waals surface area contributed by atoms with Crippen LogP contribution in [0.15, 0.2) is 24.3 Å². The van der Waals surface area contributed by atoms with Crippen molar-refractivity contribution in [1.82, 2.24) is 0 Å². The van der Waals surface area contributed by atoms with Gasteiger partial charge in [-0.2, -0.15) is 0 Å². The van der Waals surface area contributed by atoms with Crippen molar-refractivity contribution in [3.63, 3.8) is 0 Å². The molecule has 2 aromatic carbocycles. The van der Waals surface area contributed by atoms with Crippen molar-refractivity contribution in [1.29, 1.82) is 0 Å². The van der Waals surface area contributed by atoms with E-state index in [0.717, 1.165) is 53.2 Å². The average molecular weight is 413 g/mol.